The van der Waals surface area contributed by atoms with Crippen LogP contribution in [0.1, 0.15) is 11.7 Å². The minimum absolute atomic E-state index is 0.198. The molecule has 1 heterocycles. The van der Waals surface area contributed by atoms with E-state index in [1.54, 1.807) is 0 Å². The van der Waals surface area contributed by atoms with Gasteiger partial charge in [0, 0.05) is 17.6 Å². The zero-order chi connectivity index (χ0) is 9.10. The molecule has 70 valence electrons. The van der Waals surface area contributed by atoms with Gasteiger partial charge >= 0.3 is 0 Å². The summed E-state index contributed by atoms with van der Waals surface area (Å²) in [6, 6.07) is 8.21. The summed E-state index contributed by atoms with van der Waals surface area (Å²) >= 11 is 3.52. The van der Waals surface area contributed by atoms with E-state index in [0.29, 0.717) is 0 Å². The topological polar surface area (TPSA) is 21.3 Å². The fourth-order valence-electron chi connectivity index (χ4n) is 1.50. The number of halogens is 1. The van der Waals surface area contributed by atoms with E-state index in [9.17, 15) is 0 Å². The van der Waals surface area contributed by atoms with E-state index in [1.807, 2.05) is 18.2 Å². The highest BCUT2D eigenvalue weighted by molar-refractivity contribution is 9.10. The van der Waals surface area contributed by atoms with Crippen molar-refractivity contribution in [1.29, 1.82) is 0 Å². The summed E-state index contributed by atoms with van der Waals surface area (Å²) in [5, 5.41) is 3.31. The Morgan fingerprint density at radius 2 is 2.23 bits per heavy atom. The summed E-state index contributed by atoms with van der Waals surface area (Å²) in [5.74, 6) is 0. The number of hydrogen-bond acceptors (Lipinski definition) is 2. The van der Waals surface area contributed by atoms with E-state index >= 15 is 0 Å². The van der Waals surface area contributed by atoms with Gasteiger partial charge < -0.3 is 10.1 Å². The van der Waals surface area contributed by atoms with Crippen LogP contribution in [0.5, 0.6) is 0 Å². The van der Waals surface area contributed by atoms with Crippen LogP contribution in [0, 0.1) is 0 Å². The standard InChI is InChI=1S/C10H12BrNO/c11-9-4-2-1-3-8(9)10-7-12-5-6-13-10/h1-4,10,12H,5-7H2. The zero-order valence-corrected chi connectivity index (χ0v) is 8.88. The number of morpholine rings is 1. The van der Waals surface area contributed by atoms with Crippen LogP contribution in [-0.2, 0) is 4.74 Å². The molecule has 1 aliphatic heterocycles. The summed E-state index contributed by atoms with van der Waals surface area (Å²) in [7, 11) is 0. The van der Waals surface area contributed by atoms with Crippen molar-refractivity contribution in [3.8, 4) is 0 Å². The molecule has 0 spiro atoms. The molecule has 0 aliphatic carbocycles. The van der Waals surface area contributed by atoms with E-state index in [2.05, 4.69) is 27.3 Å². The first-order valence-electron chi connectivity index (χ1n) is 4.44. The minimum Gasteiger partial charge on any atom is -0.371 e. The van der Waals surface area contributed by atoms with Gasteiger partial charge in [0.2, 0.25) is 0 Å². The van der Waals surface area contributed by atoms with Gasteiger partial charge in [-0.1, -0.05) is 34.1 Å². The fraction of sp³-hybridized carbons (Fsp3) is 0.400. The Labute approximate surface area is 86.4 Å². The average Bonchev–Trinajstić information content (AvgIpc) is 2.20. The first-order valence-corrected chi connectivity index (χ1v) is 5.24. The summed E-state index contributed by atoms with van der Waals surface area (Å²) < 4.78 is 6.78. The third-order valence-corrected chi connectivity index (χ3v) is 2.90. The third-order valence-electron chi connectivity index (χ3n) is 2.18. The number of nitrogens with one attached hydrogen (secondary N) is 1. The Morgan fingerprint density at radius 3 is 2.92 bits per heavy atom. The normalized spacial score (nSPS) is 23.0. The van der Waals surface area contributed by atoms with Crippen LogP contribution in [-0.4, -0.2) is 19.7 Å². The number of hydrogen-bond donors (Lipinski definition) is 1. The van der Waals surface area contributed by atoms with Crippen molar-refractivity contribution in [1.82, 2.24) is 5.32 Å². The van der Waals surface area contributed by atoms with Crippen LogP contribution >= 0.6 is 15.9 Å². The zero-order valence-electron chi connectivity index (χ0n) is 7.29. The number of rotatable bonds is 1. The maximum atomic E-state index is 5.65. The Kier molecular flexibility index (Phi) is 2.98. The summed E-state index contributed by atoms with van der Waals surface area (Å²) in [6.07, 6.45) is 0.198. The van der Waals surface area contributed by atoms with E-state index in [4.69, 9.17) is 4.74 Å². The van der Waals surface area contributed by atoms with Crippen LogP contribution in [0.4, 0.5) is 0 Å². The fourth-order valence-corrected chi connectivity index (χ4v) is 2.04. The molecule has 3 heteroatoms. The van der Waals surface area contributed by atoms with Gasteiger partial charge in [-0.15, -0.1) is 0 Å². The number of benzene rings is 1. The quantitative estimate of drug-likeness (QED) is 0.814. The van der Waals surface area contributed by atoms with Crippen molar-refractivity contribution < 1.29 is 4.74 Å². The number of ether oxygens (including phenoxy) is 1. The van der Waals surface area contributed by atoms with Gasteiger partial charge in [0.25, 0.3) is 0 Å². The molecule has 0 bridgehead atoms. The Morgan fingerprint density at radius 1 is 1.38 bits per heavy atom. The van der Waals surface area contributed by atoms with E-state index in [0.717, 1.165) is 24.2 Å². The molecule has 1 aliphatic rings. The Hall–Kier alpha value is -0.380. The van der Waals surface area contributed by atoms with Crippen molar-refractivity contribution >= 4 is 15.9 Å². The Bertz CT molecular complexity index is 284. The monoisotopic (exact) mass is 241 g/mol. The molecular formula is C10H12BrNO. The van der Waals surface area contributed by atoms with Crippen molar-refractivity contribution in [3.63, 3.8) is 0 Å². The second kappa shape index (κ2) is 4.22. The second-order valence-corrected chi connectivity index (χ2v) is 3.94. The first kappa shape index (κ1) is 9.19. The van der Waals surface area contributed by atoms with E-state index < -0.39 is 0 Å². The molecule has 1 saturated heterocycles. The predicted octanol–water partition coefficient (Wildman–Crippen LogP) is 2.11. The molecule has 13 heavy (non-hydrogen) atoms. The lowest BCUT2D eigenvalue weighted by atomic mass is 10.1. The Balaban J connectivity index is 2.18. The molecule has 0 radical (unpaired) electrons. The molecule has 1 fully saturated rings. The maximum absolute atomic E-state index is 5.65. The molecule has 2 rings (SSSR count). The molecular weight excluding hydrogens is 230 g/mol. The van der Waals surface area contributed by atoms with Gasteiger partial charge in [0.05, 0.1) is 12.7 Å². The van der Waals surface area contributed by atoms with Gasteiger partial charge in [0.1, 0.15) is 0 Å². The molecule has 0 aromatic heterocycles. The van der Waals surface area contributed by atoms with Crippen LogP contribution in [0.15, 0.2) is 28.7 Å². The van der Waals surface area contributed by atoms with Crippen LogP contribution in [0.25, 0.3) is 0 Å². The lowest BCUT2D eigenvalue weighted by Gasteiger charge is -2.24. The highest BCUT2D eigenvalue weighted by Gasteiger charge is 2.17. The van der Waals surface area contributed by atoms with Crippen molar-refractivity contribution in [2.75, 3.05) is 19.7 Å². The van der Waals surface area contributed by atoms with Gasteiger partial charge in [0.15, 0.2) is 0 Å². The first-order chi connectivity index (χ1) is 6.38. The molecule has 2 nitrogen and oxygen atoms in total. The molecule has 1 N–H and O–H groups in total. The van der Waals surface area contributed by atoms with Gasteiger partial charge in [-0.25, -0.2) is 0 Å². The molecule has 0 amide bonds. The average molecular weight is 242 g/mol. The highest BCUT2D eigenvalue weighted by atomic mass is 79.9. The van der Waals surface area contributed by atoms with Gasteiger partial charge in [-0.05, 0) is 11.6 Å². The summed E-state index contributed by atoms with van der Waals surface area (Å²) in [6.45, 7) is 2.66. The van der Waals surface area contributed by atoms with E-state index in [1.165, 1.54) is 5.56 Å². The predicted molar refractivity (Wildman–Crippen MR) is 55.7 cm³/mol. The minimum atomic E-state index is 0.198. The molecule has 1 atom stereocenters. The second-order valence-electron chi connectivity index (χ2n) is 3.09. The summed E-state index contributed by atoms with van der Waals surface area (Å²) in [4.78, 5) is 0. The van der Waals surface area contributed by atoms with Crippen molar-refractivity contribution in [3.05, 3.63) is 34.3 Å². The van der Waals surface area contributed by atoms with Crippen molar-refractivity contribution in [2.45, 2.75) is 6.10 Å². The smallest absolute Gasteiger partial charge is 0.0960 e. The molecule has 0 saturated carbocycles. The lowest BCUT2D eigenvalue weighted by molar-refractivity contribution is 0.0272. The van der Waals surface area contributed by atoms with Crippen LogP contribution < -0.4 is 5.32 Å². The SMILES string of the molecule is Brc1ccccc1C1CNCCO1. The van der Waals surface area contributed by atoms with Crippen molar-refractivity contribution in [2.24, 2.45) is 0 Å². The lowest BCUT2D eigenvalue weighted by Crippen LogP contribution is -2.33. The maximum Gasteiger partial charge on any atom is 0.0960 e. The van der Waals surface area contributed by atoms with Crippen LogP contribution in [0.2, 0.25) is 0 Å². The molecule has 1 unspecified atom stereocenters. The molecule has 1 aromatic carbocycles. The largest absolute Gasteiger partial charge is 0.371 e. The third kappa shape index (κ3) is 2.10. The van der Waals surface area contributed by atoms with Gasteiger partial charge in [-0.3, -0.25) is 0 Å². The summed E-state index contributed by atoms with van der Waals surface area (Å²) in [5.41, 5.74) is 1.23. The van der Waals surface area contributed by atoms with E-state index in [-0.39, 0.29) is 6.10 Å². The van der Waals surface area contributed by atoms with Crippen LogP contribution in [0.3, 0.4) is 0 Å². The van der Waals surface area contributed by atoms with Gasteiger partial charge in [-0.2, -0.15) is 0 Å². The molecule has 1 aromatic rings. The highest BCUT2D eigenvalue weighted by Crippen LogP contribution is 2.26.